The van der Waals surface area contributed by atoms with Crippen LogP contribution in [0.5, 0.6) is 0 Å². The second kappa shape index (κ2) is 15.4. The molecule has 39 heavy (non-hydrogen) atoms. The minimum Gasteiger partial charge on any atom is -0.481 e. The first kappa shape index (κ1) is 31.2. The van der Waals surface area contributed by atoms with Crippen LogP contribution in [0.25, 0.3) is 10.9 Å². The summed E-state index contributed by atoms with van der Waals surface area (Å²) < 4.78 is 0. The number of para-hydroxylation sites is 1. The molecular weight excluding hydrogens is 512 g/mol. The third-order valence-electron chi connectivity index (χ3n) is 6.11. The molecule has 1 aromatic heterocycles. The molecule has 0 bridgehead atoms. The number of aliphatic hydroxyl groups excluding tert-OH is 1. The van der Waals surface area contributed by atoms with E-state index in [2.05, 4.69) is 20.9 Å². The number of aromatic amines is 1. The number of benzene rings is 1. The molecule has 0 saturated carbocycles. The maximum Gasteiger partial charge on any atom is 0.326 e. The van der Waals surface area contributed by atoms with Crippen molar-refractivity contribution in [2.45, 2.75) is 62.7 Å². The molecule has 0 spiro atoms. The minimum absolute atomic E-state index is 0.0229. The number of carbonyl (C=O) groups excluding carboxylic acids is 3. The smallest absolute Gasteiger partial charge is 0.326 e. The number of aliphatic carboxylic acids is 2. The third-order valence-corrected chi connectivity index (χ3v) is 6.11. The SMILES string of the molecule is NCCCCC(NC(=O)C(CCC(=O)O)NC(=O)C(N)CO)C(=O)NC(Cc1c[nH]c2ccccc12)C(=O)O. The number of nitrogens with one attached hydrogen (secondary N) is 4. The first-order valence-corrected chi connectivity index (χ1v) is 12.5. The maximum atomic E-state index is 13.2. The molecule has 0 aliphatic rings. The molecule has 0 aliphatic carbocycles. The van der Waals surface area contributed by atoms with Gasteiger partial charge < -0.3 is 47.7 Å². The van der Waals surface area contributed by atoms with Gasteiger partial charge in [0.05, 0.1) is 6.61 Å². The Kier molecular flexibility index (Phi) is 12.3. The van der Waals surface area contributed by atoms with Gasteiger partial charge in [0.15, 0.2) is 0 Å². The van der Waals surface area contributed by atoms with Crippen LogP contribution in [-0.4, -0.2) is 87.3 Å². The van der Waals surface area contributed by atoms with E-state index in [4.69, 9.17) is 21.7 Å². The topological polar surface area (TPSA) is 250 Å². The number of amides is 3. The molecule has 0 radical (unpaired) electrons. The molecule has 1 heterocycles. The van der Waals surface area contributed by atoms with Crippen LogP contribution < -0.4 is 27.4 Å². The van der Waals surface area contributed by atoms with E-state index in [1.165, 1.54) is 0 Å². The number of hydrogen-bond acceptors (Lipinski definition) is 8. The average Bonchev–Trinajstić information content (AvgIpc) is 3.31. The number of fused-ring (bicyclic) bond motifs is 1. The number of unbranched alkanes of at least 4 members (excludes halogenated alkanes) is 1. The zero-order valence-corrected chi connectivity index (χ0v) is 21.4. The molecule has 14 nitrogen and oxygen atoms in total. The second-order valence-corrected chi connectivity index (χ2v) is 9.09. The molecule has 1 aromatic carbocycles. The van der Waals surface area contributed by atoms with Gasteiger partial charge in [0.25, 0.3) is 0 Å². The summed E-state index contributed by atoms with van der Waals surface area (Å²) in [5.74, 6) is -4.98. The van der Waals surface area contributed by atoms with E-state index in [-0.39, 0.29) is 19.3 Å². The lowest BCUT2D eigenvalue weighted by molar-refractivity contribution is -0.142. The number of aliphatic hydroxyl groups is 1. The van der Waals surface area contributed by atoms with Crippen molar-refractivity contribution in [3.05, 3.63) is 36.0 Å². The molecular formula is C25H36N6O8. The standard InChI is InChI=1S/C25H36N6O8/c26-10-4-3-7-18(30-24(37)19(8-9-21(33)34)29-22(35)16(27)13-32)23(36)31-20(25(38)39)11-14-12-28-17-6-2-1-5-15(14)17/h1-2,5-6,12,16,18-20,28,32H,3-4,7-11,13,26-27H2,(H,29,35)(H,30,37)(H,31,36)(H,33,34)(H,38,39). The molecule has 0 saturated heterocycles. The predicted molar refractivity (Wildman–Crippen MR) is 140 cm³/mol. The fourth-order valence-electron chi connectivity index (χ4n) is 3.93. The van der Waals surface area contributed by atoms with Crippen LogP contribution in [0.1, 0.15) is 37.7 Å². The van der Waals surface area contributed by atoms with E-state index in [9.17, 15) is 29.1 Å². The van der Waals surface area contributed by atoms with Crippen molar-refractivity contribution in [3.8, 4) is 0 Å². The monoisotopic (exact) mass is 548 g/mol. The largest absolute Gasteiger partial charge is 0.481 e. The van der Waals surface area contributed by atoms with Crippen molar-refractivity contribution in [1.29, 1.82) is 0 Å². The zero-order chi connectivity index (χ0) is 28.9. The summed E-state index contributed by atoms with van der Waals surface area (Å²) in [5, 5.41) is 36.0. The summed E-state index contributed by atoms with van der Waals surface area (Å²) in [5.41, 5.74) is 12.5. The summed E-state index contributed by atoms with van der Waals surface area (Å²) in [4.78, 5) is 64.5. The fourth-order valence-corrected chi connectivity index (χ4v) is 3.93. The Morgan fingerprint density at radius 3 is 2.10 bits per heavy atom. The highest BCUT2D eigenvalue weighted by Gasteiger charge is 2.30. The number of H-pyrrole nitrogens is 1. The van der Waals surface area contributed by atoms with Gasteiger partial charge in [-0.15, -0.1) is 0 Å². The van der Waals surface area contributed by atoms with Gasteiger partial charge in [-0.3, -0.25) is 19.2 Å². The highest BCUT2D eigenvalue weighted by atomic mass is 16.4. The summed E-state index contributed by atoms with van der Waals surface area (Å²) in [6, 6.07) is 2.10. The van der Waals surface area contributed by atoms with Crippen LogP contribution in [0.2, 0.25) is 0 Å². The third kappa shape index (κ3) is 9.67. The van der Waals surface area contributed by atoms with Crippen molar-refractivity contribution >= 4 is 40.6 Å². The van der Waals surface area contributed by atoms with Crippen molar-refractivity contribution < 1.29 is 39.3 Å². The van der Waals surface area contributed by atoms with Crippen molar-refractivity contribution in [2.24, 2.45) is 11.5 Å². The van der Waals surface area contributed by atoms with Gasteiger partial charge in [0.1, 0.15) is 24.2 Å². The van der Waals surface area contributed by atoms with Crippen LogP contribution in [0.15, 0.2) is 30.5 Å². The van der Waals surface area contributed by atoms with E-state index in [0.717, 1.165) is 10.9 Å². The first-order valence-electron chi connectivity index (χ1n) is 12.5. The molecule has 0 aliphatic heterocycles. The Bertz CT molecular complexity index is 1150. The van der Waals surface area contributed by atoms with Gasteiger partial charge in [-0.1, -0.05) is 18.2 Å². The first-order chi connectivity index (χ1) is 18.6. The average molecular weight is 549 g/mol. The molecule has 2 aromatic rings. The maximum absolute atomic E-state index is 13.2. The van der Waals surface area contributed by atoms with E-state index < -0.39 is 66.9 Å². The lowest BCUT2D eigenvalue weighted by atomic mass is 10.0. The molecule has 4 atom stereocenters. The van der Waals surface area contributed by atoms with Crippen LogP contribution in [-0.2, 0) is 30.4 Å². The highest BCUT2D eigenvalue weighted by molar-refractivity contribution is 5.94. The van der Waals surface area contributed by atoms with E-state index in [1.54, 1.807) is 6.20 Å². The van der Waals surface area contributed by atoms with Gasteiger partial charge in [0.2, 0.25) is 17.7 Å². The van der Waals surface area contributed by atoms with E-state index in [0.29, 0.717) is 24.9 Å². The Hall–Kier alpha value is -4.01. The number of carboxylic acid groups (broad SMARTS) is 2. The molecule has 14 heteroatoms. The molecule has 11 N–H and O–H groups in total. The van der Waals surface area contributed by atoms with Gasteiger partial charge in [0, 0.05) is 29.9 Å². The lowest BCUT2D eigenvalue weighted by Gasteiger charge is -2.25. The van der Waals surface area contributed by atoms with Crippen molar-refractivity contribution in [2.75, 3.05) is 13.2 Å². The number of carboxylic acids is 2. The predicted octanol–water partition coefficient (Wildman–Crippen LogP) is -1.44. The Balaban J connectivity index is 2.19. The van der Waals surface area contributed by atoms with Crippen molar-refractivity contribution in [3.63, 3.8) is 0 Å². The Labute approximate surface area is 224 Å². The van der Waals surface area contributed by atoms with Gasteiger partial charge in [-0.2, -0.15) is 0 Å². The molecule has 0 fully saturated rings. The van der Waals surface area contributed by atoms with Gasteiger partial charge in [-0.25, -0.2) is 4.79 Å². The minimum atomic E-state index is -1.36. The highest BCUT2D eigenvalue weighted by Crippen LogP contribution is 2.19. The van der Waals surface area contributed by atoms with Crippen LogP contribution in [0.3, 0.4) is 0 Å². The zero-order valence-electron chi connectivity index (χ0n) is 21.4. The molecule has 214 valence electrons. The van der Waals surface area contributed by atoms with E-state index in [1.807, 2.05) is 24.3 Å². The number of nitrogens with two attached hydrogens (primary N) is 2. The van der Waals surface area contributed by atoms with Gasteiger partial charge in [-0.05, 0) is 43.9 Å². The Morgan fingerprint density at radius 1 is 0.872 bits per heavy atom. The number of aromatic nitrogens is 1. The van der Waals surface area contributed by atoms with E-state index >= 15 is 0 Å². The molecule has 4 unspecified atom stereocenters. The number of hydrogen-bond donors (Lipinski definition) is 9. The quantitative estimate of drug-likeness (QED) is 0.104. The summed E-state index contributed by atoms with van der Waals surface area (Å²) in [6.07, 6.45) is 1.94. The summed E-state index contributed by atoms with van der Waals surface area (Å²) in [6.45, 7) is -0.368. The van der Waals surface area contributed by atoms with Crippen LogP contribution in [0, 0.1) is 0 Å². The lowest BCUT2D eigenvalue weighted by Crippen LogP contribution is -2.57. The Morgan fingerprint density at radius 2 is 1.49 bits per heavy atom. The number of carbonyl (C=O) groups is 5. The van der Waals surface area contributed by atoms with Crippen molar-refractivity contribution in [1.82, 2.24) is 20.9 Å². The summed E-state index contributed by atoms with van der Waals surface area (Å²) >= 11 is 0. The molecule has 3 amide bonds. The molecule has 2 rings (SSSR count). The van der Waals surface area contributed by atoms with Gasteiger partial charge >= 0.3 is 11.9 Å². The fraction of sp³-hybridized carbons (Fsp3) is 0.480. The number of rotatable bonds is 17. The second-order valence-electron chi connectivity index (χ2n) is 9.09. The summed E-state index contributed by atoms with van der Waals surface area (Å²) in [7, 11) is 0. The van der Waals surface area contributed by atoms with Crippen LogP contribution in [0.4, 0.5) is 0 Å². The normalized spacial score (nSPS) is 14.1. The van der Waals surface area contributed by atoms with Crippen LogP contribution >= 0.6 is 0 Å².